The van der Waals surface area contributed by atoms with Crippen LogP contribution in [0.1, 0.15) is 18.9 Å². The summed E-state index contributed by atoms with van der Waals surface area (Å²) in [7, 11) is 0. The first kappa shape index (κ1) is 19.3. The average Bonchev–Trinajstić information content (AvgIpc) is 2.62. The van der Waals surface area contributed by atoms with E-state index in [-0.39, 0.29) is 10.7 Å². The smallest absolute Gasteiger partial charge is 0.271 e. The minimum Gasteiger partial charge on any atom is -0.371 e. The van der Waals surface area contributed by atoms with E-state index in [1.807, 2.05) is 32.0 Å². The topological polar surface area (TPSA) is 94.9 Å². The first-order chi connectivity index (χ1) is 12.5. The molecule has 0 fully saturated rings. The van der Waals surface area contributed by atoms with E-state index in [1.165, 1.54) is 18.2 Å². The maximum atomic E-state index is 10.7. The number of anilines is 1. The van der Waals surface area contributed by atoms with Crippen LogP contribution in [0.25, 0.3) is 0 Å². The van der Waals surface area contributed by atoms with Crippen molar-refractivity contribution in [3.05, 3.63) is 57.1 Å². The number of halogens is 1. The van der Waals surface area contributed by atoms with Crippen molar-refractivity contribution in [3.8, 4) is 6.07 Å². The van der Waals surface area contributed by atoms with Crippen LogP contribution in [0.15, 0.2) is 46.6 Å². The van der Waals surface area contributed by atoms with Gasteiger partial charge in [0.05, 0.1) is 28.1 Å². The molecule has 2 aromatic carbocycles. The van der Waals surface area contributed by atoms with Crippen molar-refractivity contribution in [2.45, 2.75) is 20.3 Å². The number of rotatable bonds is 7. The lowest BCUT2D eigenvalue weighted by molar-refractivity contribution is -0.384. The van der Waals surface area contributed by atoms with E-state index in [9.17, 15) is 10.1 Å². The van der Waals surface area contributed by atoms with E-state index < -0.39 is 4.92 Å². The van der Waals surface area contributed by atoms with Crippen molar-refractivity contribution in [1.82, 2.24) is 0 Å². The molecule has 0 aliphatic heterocycles. The zero-order valence-electron chi connectivity index (χ0n) is 14.5. The molecule has 0 saturated heterocycles. The van der Waals surface area contributed by atoms with Crippen LogP contribution in [0.4, 0.5) is 22.7 Å². The molecule has 0 spiro atoms. The maximum absolute atomic E-state index is 10.7. The average molecular weight is 372 g/mol. The largest absolute Gasteiger partial charge is 0.371 e. The molecule has 0 saturated carbocycles. The molecule has 0 bridgehead atoms. The van der Waals surface area contributed by atoms with Crippen molar-refractivity contribution in [1.29, 1.82) is 5.26 Å². The van der Waals surface area contributed by atoms with Crippen LogP contribution < -0.4 is 4.90 Å². The van der Waals surface area contributed by atoms with Gasteiger partial charge < -0.3 is 4.90 Å². The Kier molecular flexibility index (Phi) is 6.64. The zero-order chi connectivity index (χ0) is 19.1. The lowest BCUT2D eigenvalue weighted by Crippen LogP contribution is -2.23. The Hall–Kier alpha value is -2.98. The molecule has 0 aliphatic rings. The molecular weight excluding hydrogens is 354 g/mol. The third-order valence-electron chi connectivity index (χ3n) is 3.83. The molecule has 0 unspecified atom stereocenters. The number of benzene rings is 2. The van der Waals surface area contributed by atoms with Gasteiger partial charge in [0, 0.05) is 30.9 Å². The summed E-state index contributed by atoms with van der Waals surface area (Å²) in [6.45, 7) is 5.44. The van der Waals surface area contributed by atoms with E-state index in [0.717, 1.165) is 17.8 Å². The number of hydrogen-bond acceptors (Lipinski definition) is 6. The number of azo groups is 1. The fraction of sp³-hybridized carbons (Fsp3) is 0.278. The minimum absolute atomic E-state index is 0.0912. The molecule has 2 rings (SSSR count). The standard InChI is InChI=1S/C18H18ClN5O2/c1-3-23(10-4-9-20)14-5-7-17(13(2)11-14)21-22-18-8-6-15(24(25)26)12-16(18)19/h5-8,11-12H,3-4,10H2,1-2H3/b22-21+. The van der Waals surface area contributed by atoms with Crippen LogP contribution in [-0.2, 0) is 0 Å². The maximum Gasteiger partial charge on any atom is 0.271 e. The predicted molar refractivity (Wildman–Crippen MR) is 102 cm³/mol. The number of nitrogens with zero attached hydrogens (tertiary/aromatic N) is 5. The third-order valence-corrected chi connectivity index (χ3v) is 4.13. The molecule has 0 aliphatic carbocycles. The number of nitro groups is 1. The van der Waals surface area contributed by atoms with E-state index in [0.29, 0.717) is 24.3 Å². The zero-order valence-corrected chi connectivity index (χ0v) is 15.3. The van der Waals surface area contributed by atoms with Crippen molar-refractivity contribution in [2.24, 2.45) is 10.2 Å². The van der Waals surface area contributed by atoms with Gasteiger partial charge in [0.2, 0.25) is 0 Å². The Morgan fingerprint density at radius 3 is 2.50 bits per heavy atom. The molecule has 0 atom stereocenters. The fourth-order valence-electron chi connectivity index (χ4n) is 2.40. The van der Waals surface area contributed by atoms with E-state index in [4.69, 9.17) is 16.9 Å². The highest BCUT2D eigenvalue weighted by Crippen LogP contribution is 2.32. The van der Waals surface area contributed by atoms with Gasteiger partial charge in [0.15, 0.2) is 0 Å². The van der Waals surface area contributed by atoms with Gasteiger partial charge in [-0.3, -0.25) is 10.1 Å². The number of nitriles is 1. The highest BCUT2D eigenvalue weighted by atomic mass is 35.5. The number of hydrogen-bond donors (Lipinski definition) is 0. The second-order valence-corrected chi connectivity index (χ2v) is 5.96. The monoisotopic (exact) mass is 371 g/mol. The number of nitro benzene ring substituents is 1. The molecule has 7 nitrogen and oxygen atoms in total. The second-order valence-electron chi connectivity index (χ2n) is 5.55. The van der Waals surface area contributed by atoms with Crippen molar-refractivity contribution >= 4 is 34.4 Å². The predicted octanol–water partition coefficient (Wildman–Crippen LogP) is 5.71. The van der Waals surface area contributed by atoms with Crippen LogP contribution in [0.5, 0.6) is 0 Å². The summed E-state index contributed by atoms with van der Waals surface area (Å²) < 4.78 is 0. The lowest BCUT2D eigenvalue weighted by Gasteiger charge is -2.22. The van der Waals surface area contributed by atoms with Gasteiger partial charge in [-0.2, -0.15) is 10.4 Å². The highest BCUT2D eigenvalue weighted by molar-refractivity contribution is 6.33. The van der Waals surface area contributed by atoms with Gasteiger partial charge in [-0.05, 0) is 43.7 Å². The van der Waals surface area contributed by atoms with Gasteiger partial charge >= 0.3 is 0 Å². The van der Waals surface area contributed by atoms with E-state index in [2.05, 4.69) is 21.2 Å². The Balaban J connectivity index is 2.21. The SMILES string of the molecule is CCN(CCC#N)c1ccc(/N=N/c2ccc([N+](=O)[O-])cc2Cl)c(C)c1. The molecule has 0 heterocycles. The van der Waals surface area contributed by atoms with Gasteiger partial charge in [0.1, 0.15) is 5.69 Å². The molecule has 0 N–H and O–H groups in total. The Bertz CT molecular complexity index is 876. The summed E-state index contributed by atoms with van der Waals surface area (Å²) in [6.07, 6.45) is 0.465. The normalized spacial score (nSPS) is 10.7. The Morgan fingerprint density at radius 1 is 1.23 bits per heavy atom. The summed E-state index contributed by atoms with van der Waals surface area (Å²) >= 11 is 6.02. The summed E-state index contributed by atoms with van der Waals surface area (Å²) in [6, 6.07) is 12.0. The molecular formula is C18H18ClN5O2. The number of non-ortho nitro benzene ring substituents is 1. The second kappa shape index (κ2) is 8.92. The molecule has 0 radical (unpaired) electrons. The lowest BCUT2D eigenvalue weighted by atomic mass is 10.1. The van der Waals surface area contributed by atoms with Crippen LogP contribution in [0.3, 0.4) is 0 Å². The number of aryl methyl sites for hydroxylation is 1. The molecule has 134 valence electrons. The summed E-state index contributed by atoms with van der Waals surface area (Å²) in [5.74, 6) is 0. The molecule has 8 heteroatoms. The molecule has 0 amide bonds. The Labute approximate surface area is 156 Å². The summed E-state index contributed by atoms with van der Waals surface area (Å²) in [5.41, 5.74) is 2.91. The van der Waals surface area contributed by atoms with Crippen LogP contribution in [-0.4, -0.2) is 18.0 Å². The van der Waals surface area contributed by atoms with E-state index >= 15 is 0 Å². The molecule has 0 aromatic heterocycles. The van der Waals surface area contributed by atoms with Crippen molar-refractivity contribution < 1.29 is 4.92 Å². The summed E-state index contributed by atoms with van der Waals surface area (Å²) in [5, 5.41) is 28.0. The van der Waals surface area contributed by atoms with Crippen LogP contribution in [0.2, 0.25) is 5.02 Å². The fourth-order valence-corrected chi connectivity index (χ4v) is 2.61. The highest BCUT2D eigenvalue weighted by Gasteiger charge is 2.10. The quantitative estimate of drug-likeness (QED) is 0.353. The third kappa shape index (κ3) is 4.77. The first-order valence-electron chi connectivity index (χ1n) is 8.04. The van der Waals surface area contributed by atoms with Gasteiger partial charge in [-0.15, -0.1) is 5.11 Å². The first-order valence-corrected chi connectivity index (χ1v) is 8.42. The Morgan fingerprint density at radius 2 is 1.92 bits per heavy atom. The van der Waals surface area contributed by atoms with Gasteiger partial charge in [0.25, 0.3) is 5.69 Å². The minimum atomic E-state index is -0.512. The van der Waals surface area contributed by atoms with Crippen LogP contribution >= 0.6 is 11.6 Å². The summed E-state index contributed by atoms with van der Waals surface area (Å²) in [4.78, 5) is 12.3. The van der Waals surface area contributed by atoms with Crippen molar-refractivity contribution in [3.63, 3.8) is 0 Å². The van der Waals surface area contributed by atoms with Crippen LogP contribution in [0, 0.1) is 28.4 Å². The van der Waals surface area contributed by atoms with Gasteiger partial charge in [-0.25, -0.2) is 0 Å². The molecule has 26 heavy (non-hydrogen) atoms. The molecule has 2 aromatic rings. The van der Waals surface area contributed by atoms with Gasteiger partial charge in [-0.1, -0.05) is 11.6 Å². The van der Waals surface area contributed by atoms with E-state index in [1.54, 1.807) is 0 Å². The van der Waals surface area contributed by atoms with Crippen molar-refractivity contribution in [2.75, 3.05) is 18.0 Å².